The molecule has 0 spiro atoms. The van der Waals surface area contributed by atoms with Crippen LogP contribution in [0.25, 0.3) is 0 Å². The Bertz CT molecular complexity index is 514. The standard InChI is InChI=1S/C15H19BCl2O2.K.H/c1-14(2)15(3,4)20-16(19-14)10-8-9(10)13-11(17)6-5-7-12(13)18;;/h5-7,9-10H,8H2,1-4H3;;. The maximum atomic E-state index is 6.28. The van der Waals surface area contributed by atoms with Gasteiger partial charge in [-0.3, -0.25) is 0 Å². The Balaban J connectivity index is 0.00000161. The third-order valence-electron chi connectivity index (χ3n) is 4.83. The second-order valence-corrected chi connectivity index (χ2v) is 7.58. The molecule has 0 amide bonds. The third kappa shape index (κ3) is 3.45. The van der Waals surface area contributed by atoms with Crippen LogP contribution < -0.4 is 0 Å². The van der Waals surface area contributed by atoms with Gasteiger partial charge < -0.3 is 9.31 Å². The van der Waals surface area contributed by atoms with Crippen LogP contribution in [0.1, 0.15) is 45.6 Å². The van der Waals surface area contributed by atoms with Crippen molar-refractivity contribution in [3.8, 4) is 0 Å². The van der Waals surface area contributed by atoms with Crippen LogP contribution in [0.5, 0.6) is 0 Å². The Morgan fingerprint density at radius 3 is 2.00 bits per heavy atom. The molecule has 1 heterocycles. The molecule has 21 heavy (non-hydrogen) atoms. The van der Waals surface area contributed by atoms with Gasteiger partial charge in [0.25, 0.3) is 0 Å². The zero-order valence-corrected chi connectivity index (χ0v) is 13.8. The first-order chi connectivity index (χ1) is 9.23. The van der Waals surface area contributed by atoms with E-state index in [4.69, 9.17) is 32.5 Å². The molecule has 6 heteroatoms. The van der Waals surface area contributed by atoms with Gasteiger partial charge in [0.15, 0.2) is 0 Å². The van der Waals surface area contributed by atoms with E-state index in [2.05, 4.69) is 27.7 Å². The fourth-order valence-corrected chi connectivity index (χ4v) is 3.45. The molecule has 0 bridgehead atoms. The second kappa shape index (κ2) is 6.38. The fraction of sp³-hybridized carbons (Fsp3) is 0.600. The van der Waals surface area contributed by atoms with Crippen LogP contribution in [0.2, 0.25) is 15.9 Å². The Hall–Kier alpha value is 1.42. The second-order valence-electron chi connectivity index (χ2n) is 6.77. The van der Waals surface area contributed by atoms with E-state index in [9.17, 15) is 0 Å². The van der Waals surface area contributed by atoms with Crippen molar-refractivity contribution in [1.82, 2.24) is 0 Å². The third-order valence-corrected chi connectivity index (χ3v) is 5.49. The van der Waals surface area contributed by atoms with Crippen molar-refractivity contribution >= 4 is 81.7 Å². The van der Waals surface area contributed by atoms with Gasteiger partial charge >= 0.3 is 58.5 Å². The number of benzene rings is 1. The molecule has 2 unspecified atom stereocenters. The first-order valence-corrected chi connectivity index (χ1v) is 7.78. The summed E-state index contributed by atoms with van der Waals surface area (Å²) >= 11 is 12.6. The average Bonchev–Trinajstić information content (AvgIpc) is 3.02. The SMILES string of the molecule is CC1(C)OB(C2CC2c2c(Cl)cccc2Cl)OC1(C)C.[KH]. The number of halogens is 2. The summed E-state index contributed by atoms with van der Waals surface area (Å²) in [7, 11) is -0.169. The fourth-order valence-electron chi connectivity index (χ4n) is 2.78. The van der Waals surface area contributed by atoms with Crippen LogP contribution >= 0.6 is 23.2 Å². The van der Waals surface area contributed by atoms with E-state index in [1.54, 1.807) is 0 Å². The van der Waals surface area contributed by atoms with Crippen LogP contribution in [0, 0.1) is 0 Å². The number of hydrogen-bond donors (Lipinski definition) is 0. The van der Waals surface area contributed by atoms with Crippen molar-refractivity contribution in [3.63, 3.8) is 0 Å². The summed E-state index contributed by atoms with van der Waals surface area (Å²) < 4.78 is 12.2. The van der Waals surface area contributed by atoms with Crippen molar-refractivity contribution in [2.75, 3.05) is 0 Å². The van der Waals surface area contributed by atoms with E-state index in [0.29, 0.717) is 11.7 Å². The van der Waals surface area contributed by atoms with E-state index in [1.165, 1.54) is 0 Å². The first-order valence-electron chi connectivity index (χ1n) is 7.02. The molecule has 1 saturated heterocycles. The van der Waals surface area contributed by atoms with Gasteiger partial charge in [-0.15, -0.1) is 0 Å². The zero-order valence-electron chi connectivity index (χ0n) is 12.2. The molecule has 3 rings (SSSR count). The topological polar surface area (TPSA) is 18.5 Å². The molecule has 0 N–H and O–H groups in total. The van der Waals surface area contributed by atoms with Crippen molar-refractivity contribution in [2.24, 2.45) is 0 Å². The molecule has 1 aromatic carbocycles. The maximum absolute atomic E-state index is 6.28. The molecular formula is C15H20BCl2KO2. The summed E-state index contributed by atoms with van der Waals surface area (Å²) in [5, 5.41) is 1.48. The summed E-state index contributed by atoms with van der Waals surface area (Å²) in [6.45, 7) is 8.31. The normalized spacial score (nSPS) is 29.1. The Labute approximate surface area is 179 Å². The summed E-state index contributed by atoms with van der Waals surface area (Å²) in [6, 6.07) is 5.66. The van der Waals surface area contributed by atoms with Crippen LogP contribution in [-0.4, -0.2) is 69.7 Å². The number of rotatable bonds is 2. The molecule has 1 aliphatic carbocycles. The molecule has 1 aromatic rings. The van der Waals surface area contributed by atoms with E-state index >= 15 is 0 Å². The van der Waals surface area contributed by atoms with Crippen LogP contribution in [0.3, 0.4) is 0 Å². The Morgan fingerprint density at radius 2 is 1.52 bits per heavy atom. The van der Waals surface area contributed by atoms with Gasteiger partial charge in [0.05, 0.1) is 11.2 Å². The van der Waals surface area contributed by atoms with Gasteiger partial charge in [-0.2, -0.15) is 0 Å². The van der Waals surface area contributed by atoms with Gasteiger partial charge in [-0.05, 0) is 57.7 Å². The summed E-state index contributed by atoms with van der Waals surface area (Å²) in [4.78, 5) is 0. The van der Waals surface area contributed by atoms with E-state index in [1.807, 2.05) is 18.2 Å². The van der Waals surface area contributed by atoms with Gasteiger partial charge in [0, 0.05) is 15.9 Å². The predicted molar refractivity (Wildman–Crippen MR) is 90.8 cm³/mol. The number of hydrogen-bond acceptors (Lipinski definition) is 2. The molecule has 2 aliphatic rings. The van der Waals surface area contributed by atoms with E-state index < -0.39 is 0 Å². The van der Waals surface area contributed by atoms with Gasteiger partial charge in [0.1, 0.15) is 0 Å². The molecule has 110 valence electrons. The van der Waals surface area contributed by atoms with Crippen molar-refractivity contribution in [2.45, 2.75) is 57.1 Å². The molecule has 0 aromatic heterocycles. The molecule has 2 atom stereocenters. The zero-order chi connectivity index (χ0) is 14.7. The minimum atomic E-state index is -0.283. The van der Waals surface area contributed by atoms with Crippen LogP contribution in [0.15, 0.2) is 18.2 Å². The molecule has 2 fully saturated rings. The van der Waals surface area contributed by atoms with Crippen molar-refractivity contribution in [3.05, 3.63) is 33.8 Å². The van der Waals surface area contributed by atoms with Gasteiger partial charge in [0.2, 0.25) is 0 Å². The van der Waals surface area contributed by atoms with Crippen molar-refractivity contribution < 1.29 is 9.31 Å². The van der Waals surface area contributed by atoms with Crippen LogP contribution in [0.4, 0.5) is 0 Å². The quantitative estimate of drug-likeness (QED) is 0.739. The van der Waals surface area contributed by atoms with E-state index in [-0.39, 0.29) is 69.7 Å². The van der Waals surface area contributed by atoms with Gasteiger partial charge in [-0.1, -0.05) is 29.3 Å². The van der Waals surface area contributed by atoms with Crippen LogP contribution in [-0.2, 0) is 9.31 Å². The summed E-state index contributed by atoms with van der Waals surface area (Å²) in [5.74, 6) is 0.680. The minimum absolute atomic E-state index is 0. The summed E-state index contributed by atoms with van der Waals surface area (Å²) in [5.41, 5.74) is 0.472. The summed E-state index contributed by atoms with van der Waals surface area (Å²) in [6.07, 6.45) is 1.01. The first kappa shape index (κ1) is 18.8. The molecular weight excluding hydrogens is 333 g/mol. The molecule has 2 nitrogen and oxygen atoms in total. The molecule has 0 radical (unpaired) electrons. The molecule has 1 saturated carbocycles. The average molecular weight is 353 g/mol. The Morgan fingerprint density at radius 1 is 1.05 bits per heavy atom. The Kier molecular flexibility index (Phi) is 5.70. The predicted octanol–water partition coefficient (Wildman–Crippen LogP) is 4.29. The van der Waals surface area contributed by atoms with E-state index in [0.717, 1.165) is 22.0 Å². The van der Waals surface area contributed by atoms with Gasteiger partial charge in [-0.25, -0.2) is 0 Å². The van der Waals surface area contributed by atoms with Crippen molar-refractivity contribution in [1.29, 1.82) is 0 Å². The molecule has 1 aliphatic heterocycles. The monoisotopic (exact) mass is 352 g/mol.